The first-order valence-corrected chi connectivity index (χ1v) is 5.26. The summed E-state index contributed by atoms with van der Waals surface area (Å²) in [4.78, 5) is 11.3. The first-order valence-electron chi connectivity index (χ1n) is 4.88. The number of phenolic OH excluding ortho intramolecular Hbond substituents is 1. The van der Waals surface area contributed by atoms with Gasteiger partial charge in [-0.1, -0.05) is 17.7 Å². The molecule has 1 N–H and O–H groups in total. The Morgan fingerprint density at radius 1 is 1.56 bits per heavy atom. The minimum atomic E-state index is -0.355. The molecule has 0 saturated heterocycles. The van der Waals surface area contributed by atoms with Crippen LogP contribution in [0.3, 0.4) is 0 Å². The molecule has 1 rings (SSSR count). The molecule has 0 heterocycles. The fourth-order valence-electron chi connectivity index (χ4n) is 1.17. The number of hydrogen-bond acceptors (Lipinski definition) is 3. The molecule has 0 fully saturated rings. The molecule has 86 valence electrons. The molecule has 0 aromatic heterocycles. The minimum Gasteiger partial charge on any atom is -0.506 e. The summed E-state index contributed by atoms with van der Waals surface area (Å²) < 4.78 is 4.84. The van der Waals surface area contributed by atoms with Gasteiger partial charge in [-0.05, 0) is 37.6 Å². The van der Waals surface area contributed by atoms with Crippen molar-refractivity contribution in [2.75, 3.05) is 6.61 Å². The Morgan fingerprint density at radius 2 is 2.25 bits per heavy atom. The van der Waals surface area contributed by atoms with E-state index in [9.17, 15) is 9.90 Å². The second-order valence-corrected chi connectivity index (χ2v) is 3.67. The third kappa shape index (κ3) is 3.28. The van der Waals surface area contributed by atoms with Gasteiger partial charge in [-0.25, -0.2) is 4.79 Å². The van der Waals surface area contributed by atoms with Crippen molar-refractivity contribution in [3.63, 3.8) is 0 Å². The van der Waals surface area contributed by atoms with E-state index in [2.05, 4.69) is 0 Å². The number of rotatable bonds is 3. The molecule has 16 heavy (non-hydrogen) atoms. The van der Waals surface area contributed by atoms with Crippen LogP contribution in [0.5, 0.6) is 5.75 Å². The van der Waals surface area contributed by atoms with Gasteiger partial charge in [-0.2, -0.15) is 0 Å². The molecule has 0 aliphatic heterocycles. The summed E-state index contributed by atoms with van der Waals surface area (Å²) in [5.41, 5.74) is 1.23. The van der Waals surface area contributed by atoms with Crippen LogP contribution in [0.15, 0.2) is 23.8 Å². The van der Waals surface area contributed by atoms with Gasteiger partial charge in [0.15, 0.2) is 0 Å². The number of carbonyl (C=O) groups is 1. The summed E-state index contributed by atoms with van der Waals surface area (Å²) >= 11 is 5.74. The summed E-state index contributed by atoms with van der Waals surface area (Å²) in [5.74, 6) is -0.334. The number of esters is 1. The number of halogens is 1. The Kier molecular flexibility index (Phi) is 4.38. The molecular weight excluding hydrogens is 228 g/mol. The van der Waals surface area contributed by atoms with Gasteiger partial charge >= 0.3 is 5.97 Å². The van der Waals surface area contributed by atoms with Crippen LogP contribution in [-0.2, 0) is 9.53 Å². The monoisotopic (exact) mass is 240 g/mol. The van der Waals surface area contributed by atoms with Gasteiger partial charge in [-0.3, -0.25) is 0 Å². The largest absolute Gasteiger partial charge is 0.506 e. The predicted octanol–water partition coefficient (Wildman–Crippen LogP) is 3.01. The summed E-state index contributed by atoms with van der Waals surface area (Å²) in [7, 11) is 0. The Labute approximate surface area is 99.3 Å². The maximum Gasteiger partial charge on any atom is 0.333 e. The second kappa shape index (κ2) is 5.56. The zero-order valence-corrected chi connectivity index (χ0v) is 9.91. The summed E-state index contributed by atoms with van der Waals surface area (Å²) in [6.45, 7) is 3.77. The maximum atomic E-state index is 11.3. The molecular formula is C12H13ClO3. The number of hydrogen-bond donors (Lipinski definition) is 1. The van der Waals surface area contributed by atoms with Crippen molar-refractivity contribution in [3.8, 4) is 5.75 Å². The lowest BCUT2D eigenvalue weighted by Crippen LogP contribution is -2.04. The highest BCUT2D eigenvalue weighted by Crippen LogP contribution is 2.24. The fourth-order valence-corrected chi connectivity index (χ4v) is 1.36. The molecule has 0 atom stereocenters. The lowest BCUT2D eigenvalue weighted by molar-refractivity contribution is -0.138. The highest BCUT2D eigenvalue weighted by Gasteiger charge is 2.05. The average molecular weight is 241 g/mol. The molecule has 0 saturated carbocycles. The van der Waals surface area contributed by atoms with Crippen LogP contribution < -0.4 is 0 Å². The lowest BCUT2D eigenvalue weighted by atomic mass is 10.1. The standard InChI is InChI=1S/C12H13ClO3/c1-3-16-12(15)8(2)6-9-4-5-11(14)10(13)7-9/h4-7,14H,3H2,1-2H3/b8-6+. The molecule has 0 bridgehead atoms. The smallest absolute Gasteiger partial charge is 0.333 e. The van der Waals surface area contributed by atoms with E-state index in [-0.39, 0.29) is 16.7 Å². The van der Waals surface area contributed by atoms with Crippen LogP contribution in [-0.4, -0.2) is 17.7 Å². The third-order valence-corrected chi connectivity index (χ3v) is 2.26. The molecule has 1 aromatic carbocycles. The molecule has 4 heteroatoms. The highest BCUT2D eigenvalue weighted by molar-refractivity contribution is 6.32. The van der Waals surface area contributed by atoms with Crippen molar-refractivity contribution in [2.45, 2.75) is 13.8 Å². The van der Waals surface area contributed by atoms with E-state index >= 15 is 0 Å². The van der Waals surface area contributed by atoms with Crippen LogP contribution >= 0.6 is 11.6 Å². The molecule has 3 nitrogen and oxygen atoms in total. The molecule has 1 aromatic rings. The van der Waals surface area contributed by atoms with E-state index in [4.69, 9.17) is 16.3 Å². The van der Waals surface area contributed by atoms with Crippen LogP contribution in [0.2, 0.25) is 5.02 Å². The van der Waals surface area contributed by atoms with Gasteiger partial charge in [0.1, 0.15) is 5.75 Å². The number of aromatic hydroxyl groups is 1. The zero-order chi connectivity index (χ0) is 12.1. The Morgan fingerprint density at radius 3 is 2.81 bits per heavy atom. The SMILES string of the molecule is CCOC(=O)/C(C)=C/c1ccc(O)c(Cl)c1. The topological polar surface area (TPSA) is 46.5 Å². The first kappa shape index (κ1) is 12.6. The zero-order valence-electron chi connectivity index (χ0n) is 9.16. The highest BCUT2D eigenvalue weighted by atomic mass is 35.5. The van der Waals surface area contributed by atoms with E-state index in [0.29, 0.717) is 12.2 Å². The number of phenols is 1. The van der Waals surface area contributed by atoms with Crippen molar-refractivity contribution in [2.24, 2.45) is 0 Å². The van der Waals surface area contributed by atoms with Crippen molar-refractivity contribution in [3.05, 3.63) is 34.4 Å². The van der Waals surface area contributed by atoms with E-state index in [1.807, 2.05) is 0 Å². The fraction of sp³-hybridized carbons (Fsp3) is 0.250. The number of benzene rings is 1. The summed E-state index contributed by atoms with van der Waals surface area (Å²) in [6.07, 6.45) is 1.66. The van der Waals surface area contributed by atoms with Crippen molar-refractivity contribution < 1.29 is 14.6 Å². The summed E-state index contributed by atoms with van der Waals surface area (Å²) in [5, 5.41) is 9.48. The van der Waals surface area contributed by atoms with E-state index in [1.54, 1.807) is 32.1 Å². The Hall–Kier alpha value is -1.48. The van der Waals surface area contributed by atoms with E-state index < -0.39 is 0 Å². The molecule has 0 aliphatic rings. The molecule has 0 spiro atoms. The van der Waals surface area contributed by atoms with E-state index in [1.165, 1.54) is 6.07 Å². The summed E-state index contributed by atoms with van der Waals surface area (Å²) in [6, 6.07) is 4.73. The van der Waals surface area contributed by atoms with Gasteiger partial charge in [-0.15, -0.1) is 0 Å². The van der Waals surface area contributed by atoms with Crippen molar-refractivity contribution in [1.29, 1.82) is 0 Å². The van der Waals surface area contributed by atoms with Gasteiger partial charge < -0.3 is 9.84 Å². The Bertz CT molecular complexity index is 424. The van der Waals surface area contributed by atoms with Crippen molar-refractivity contribution >= 4 is 23.6 Å². The van der Waals surface area contributed by atoms with Gasteiger partial charge in [0, 0.05) is 5.57 Å². The third-order valence-electron chi connectivity index (χ3n) is 1.95. The van der Waals surface area contributed by atoms with Crippen LogP contribution in [0.4, 0.5) is 0 Å². The minimum absolute atomic E-state index is 0.0209. The van der Waals surface area contributed by atoms with E-state index in [0.717, 1.165) is 5.56 Å². The average Bonchev–Trinajstić information content (AvgIpc) is 2.24. The molecule has 0 unspecified atom stereocenters. The molecule has 0 aliphatic carbocycles. The van der Waals surface area contributed by atoms with Crippen LogP contribution in [0.1, 0.15) is 19.4 Å². The quantitative estimate of drug-likeness (QED) is 0.653. The van der Waals surface area contributed by atoms with Gasteiger partial charge in [0.25, 0.3) is 0 Å². The van der Waals surface area contributed by atoms with Gasteiger partial charge in [0.05, 0.1) is 11.6 Å². The maximum absolute atomic E-state index is 11.3. The molecule has 0 amide bonds. The van der Waals surface area contributed by atoms with Crippen molar-refractivity contribution in [1.82, 2.24) is 0 Å². The number of carbonyl (C=O) groups excluding carboxylic acids is 1. The van der Waals surface area contributed by atoms with Crippen LogP contribution in [0.25, 0.3) is 6.08 Å². The van der Waals surface area contributed by atoms with Crippen LogP contribution in [0, 0.1) is 0 Å². The number of ether oxygens (including phenoxy) is 1. The predicted molar refractivity (Wildman–Crippen MR) is 63.4 cm³/mol. The normalized spacial score (nSPS) is 11.3. The Balaban J connectivity index is 2.89. The lowest BCUT2D eigenvalue weighted by Gasteiger charge is -2.02. The molecule has 0 radical (unpaired) electrons. The van der Waals surface area contributed by atoms with Gasteiger partial charge in [0.2, 0.25) is 0 Å². The first-order chi connectivity index (χ1) is 7.54. The second-order valence-electron chi connectivity index (χ2n) is 3.26.